The summed E-state index contributed by atoms with van der Waals surface area (Å²) in [7, 11) is 0. The largest absolute Gasteiger partial charge is 0.478 e. The number of aliphatic hydroxyl groups excluding tert-OH is 1. The van der Waals surface area contributed by atoms with Gasteiger partial charge in [0.25, 0.3) is 0 Å². The third kappa shape index (κ3) is 3.38. The Morgan fingerprint density at radius 2 is 2.33 bits per heavy atom. The molecule has 1 heterocycles. The van der Waals surface area contributed by atoms with Crippen molar-refractivity contribution in [2.45, 2.75) is 6.42 Å². The topological polar surface area (TPSA) is 79.7 Å². The lowest BCUT2D eigenvalue weighted by molar-refractivity contribution is 0.0696. The molecule has 15 heavy (non-hydrogen) atoms. The normalized spacial score (nSPS) is 10.0. The molecule has 6 heteroatoms. The Morgan fingerprint density at radius 1 is 1.60 bits per heavy atom. The van der Waals surface area contributed by atoms with Gasteiger partial charge in [-0.15, -0.1) is 0 Å². The fourth-order valence-electron chi connectivity index (χ4n) is 0.904. The maximum atomic E-state index is 10.7. The minimum atomic E-state index is -1.13. The zero-order valence-electron chi connectivity index (χ0n) is 7.81. The highest BCUT2D eigenvalue weighted by molar-refractivity contribution is 6.33. The van der Waals surface area contributed by atoms with Crippen LogP contribution in [-0.2, 0) is 0 Å². The molecule has 0 bridgehead atoms. The summed E-state index contributed by atoms with van der Waals surface area (Å²) >= 11 is 5.61. The van der Waals surface area contributed by atoms with E-state index in [1.807, 2.05) is 0 Å². The minimum Gasteiger partial charge on any atom is -0.478 e. The van der Waals surface area contributed by atoms with Gasteiger partial charge in [0.15, 0.2) is 0 Å². The fraction of sp³-hybridized carbons (Fsp3) is 0.333. The molecule has 0 fully saturated rings. The molecular formula is C9H10ClNO4. The third-order valence-electron chi connectivity index (χ3n) is 1.61. The van der Waals surface area contributed by atoms with Crippen molar-refractivity contribution in [3.05, 3.63) is 22.8 Å². The molecule has 0 amide bonds. The Morgan fingerprint density at radius 3 is 2.93 bits per heavy atom. The first kappa shape index (κ1) is 11.7. The first-order valence-corrected chi connectivity index (χ1v) is 4.65. The van der Waals surface area contributed by atoms with E-state index in [4.69, 9.17) is 26.6 Å². The third-order valence-corrected chi connectivity index (χ3v) is 1.91. The summed E-state index contributed by atoms with van der Waals surface area (Å²) in [5.74, 6) is -0.945. The van der Waals surface area contributed by atoms with Crippen molar-refractivity contribution in [1.29, 1.82) is 0 Å². The van der Waals surface area contributed by atoms with E-state index >= 15 is 0 Å². The van der Waals surface area contributed by atoms with Crippen LogP contribution in [0.15, 0.2) is 12.3 Å². The van der Waals surface area contributed by atoms with Crippen LogP contribution in [0.1, 0.15) is 16.8 Å². The second-order valence-corrected chi connectivity index (χ2v) is 3.14. The molecule has 1 aromatic rings. The molecule has 0 spiro atoms. The molecule has 0 radical (unpaired) electrons. The van der Waals surface area contributed by atoms with Gasteiger partial charge in [0.1, 0.15) is 0 Å². The molecule has 1 rings (SSSR count). The van der Waals surface area contributed by atoms with Crippen LogP contribution in [0.2, 0.25) is 5.02 Å². The summed E-state index contributed by atoms with van der Waals surface area (Å²) in [4.78, 5) is 14.5. The average molecular weight is 232 g/mol. The number of aliphatic hydroxyl groups is 1. The van der Waals surface area contributed by atoms with Gasteiger partial charge in [-0.05, 0) is 0 Å². The van der Waals surface area contributed by atoms with Crippen LogP contribution >= 0.6 is 11.6 Å². The van der Waals surface area contributed by atoms with Gasteiger partial charge in [0.05, 0.1) is 23.4 Å². The SMILES string of the molecule is O=C(O)c1cc(OCCCO)ncc1Cl. The number of hydrogen-bond donors (Lipinski definition) is 2. The summed E-state index contributed by atoms with van der Waals surface area (Å²) in [6.45, 7) is 0.295. The number of ether oxygens (including phenoxy) is 1. The van der Waals surface area contributed by atoms with Gasteiger partial charge in [-0.25, -0.2) is 9.78 Å². The van der Waals surface area contributed by atoms with Gasteiger partial charge in [0.2, 0.25) is 5.88 Å². The molecule has 0 aromatic carbocycles. The van der Waals surface area contributed by atoms with Gasteiger partial charge < -0.3 is 14.9 Å². The number of hydrogen-bond acceptors (Lipinski definition) is 4. The minimum absolute atomic E-state index is 0.0133. The predicted octanol–water partition coefficient (Wildman–Crippen LogP) is 1.19. The first-order chi connectivity index (χ1) is 7.15. The van der Waals surface area contributed by atoms with E-state index in [9.17, 15) is 4.79 Å². The van der Waals surface area contributed by atoms with E-state index in [2.05, 4.69) is 4.98 Å². The lowest BCUT2D eigenvalue weighted by atomic mass is 10.3. The summed E-state index contributed by atoms with van der Waals surface area (Å²) < 4.78 is 5.10. The average Bonchev–Trinajstić information content (AvgIpc) is 2.20. The maximum absolute atomic E-state index is 10.7. The molecule has 0 saturated carbocycles. The van der Waals surface area contributed by atoms with Gasteiger partial charge in [-0.2, -0.15) is 0 Å². The van der Waals surface area contributed by atoms with E-state index in [0.717, 1.165) is 0 Å². The number of aromatic carboxylic acids is 1. The van der Waals surface area contributed by atoms with Crippen LogP contribution in [0.5, 0.6) is 5.88 Å². The molecular weight excluding hydrogens is 222 g/mol. The zero-order chi connectivity index (χ0) is 11.3. The van der Waals surface area contributed by atoms with Crippen molar-refractivity contribution in [2.24, 2.45) is 0 Å². The molecule has 0 aliphatic rings. The highest BCUT2D eigenvalue weighted by atomic mass is 35.5. The van der Waals surface area contributed by atoms with Crippen LogP contribution < -0.4 is 4.74 Å². The molecule has 0 aliphatic carbocycles. The van der Waals surface area contributed by atoms with Crippen LogP contribution in [0, 0.1) is 0 Å². The lowest BCUT2D eigenvalue weighted by Gasteiger charge is -2.05. The van der Waals surface area contributed by atoms with Gasteiger partial charge in [-0.1, -0.05) is 11.6 Å². The Bertz CT molecular complexity index is 356. The Labute approximate surface area is 91.3 Å². The maximum Gasteiger partial charge on any atom is 0.337 e. The quantitative estimate of drug-likeness (QED) is 0.745. The Hall–Kier alpha value is -1.33. The van der Waals surface area contributed by atoms with E-state index < -0.39 is 5.97 Å². The molecule has 0 unspecified atom stereocenters. The summed E-state index contributed by atoms with van der Waals surface area (Å²) in [6.07, 6.45) is 1.69. The molecule has 82 valence electrons. The van der Waals surface area contributed by atoms with E-state index in [1.165, 1.54) is 12.3 Å². The summed E-state index contributed by atoms with van der Waals surface area (Å²) in [6, 6.07) is 1.25. The molecule has 0 aliphatic heterocycles. The standard InChI is InChI=1S/C9H10ClNO4/c10-7-5-11-8(15-3-1-2-12)4-6(7)9(13)14/h4-5,12H,1-3H2,(H,13,14). The van der Waals surface area contributed by atoms with Crippen molar-refractivity contribution >= 4 is 17.6 Å². The number of carbonyl (C=O) groups is 1. The smallest absolute Gasteiger partial charge is 0.337 e. The van der Waals surface area contributed by atoms with Crippen LogP contribution in [0.25, 0.3) is 0 Å². The second-order valence-electron chi connectivity index (χ2n) is 2.73. The van der Waals surface area contributed by atoms with Crippen molar-refractivity contribution in [3.8, 4) is 5.88 Å². The lowest BCUT2D eigenvalue weighted by Crippen LogP contribution is -2.04. The number of carboxylic acids is 1. The van der Waals surface area contributed by atoms with E-state index in [-0.39, 0.29) is 29.7 Å². The number of aromatic nitrogens is 1. The van der Waals surface area contributed by atoms with Crippen LogP contribution in [0.3, 0.4) is 0 Å². The number of rotatable bonds is 5. The molecule has 2 N–H and O–H groups in total. The number of carboxylic acid groups (broad SMARTS) is 1. The predicted molar refractivity (Wildman–Crippen MR) is 53.4 cm³/mol. The highest BCUT2D eigenvalue weighted by Gasteiger charge is 2.10. The first-order valence-electron chi connectivity index (χ1n) is 4.27. The highest BCUT2D eigenvalue weighted by Crippen LogP contribution is 2.19. The van der Waals surface area contributed by atoms with Crippen molar-refractivity contribution in [1.82, 2.24) is 4.98 Å². The zero-order valence-corrected chi connectivity index (χ0v) is 8.57. The number of nitrogens with zero attached hydrogens (tertiary/aromatic N) is 1. The Balaban J connectivity index is 2.74. The fourth-order valence-corrected chi connectivity index (χ4v) is 1.09. The van der Waals surface area contributed by atoms with Gasteiger partial charge >= 0.3 is 5.97 Å². The second kappa shape index (κ2) is 5.53. The van der Waals surface area contributed by atoms with Crippen molar-refractivity contribution < 1.29 is 19.7 Å². The van der Waals surface area contributed by atoms with Gasteiger partial charge in [-0.3, -0.25) is 0 Å². The van der Waals surface area contributed by atoms with Crippen molar-refractivity contribution in [3.63, 3.8) is 0 Å². The molecule has 0 saturated heterocycles. The van der Waals surface area contributed by atoms with Crippen molar-refractivity contribution in [2.75, 3.05) is 13.2 Å². The van der Waals surface area contributed by atoms with E-state index in [1.54, 1.807) is 0 Å². The molecule has 1 aromatic heterocycles. The van der Waals surface area contributed by atoms with Gasteiger partial charge in [0, 0.05) is 19.1 Å². The monoisotopic (exact) mass is 231 g/mol. The van der Waals surface area contributed by atoms with Crippen LogP contribution in [0.4, 0.5) is 0 Å². The Kier molecular flexibility index (Phi) is 4.33. The number of halogens is 1. The van der Waals surface area contributed by atoms with Crippen LogP contribution in [-0.4, -0.2) is 34.4 Å². The van der Waals surface area contributed by atoms with E-state index in [0.29, 0.717) is 6.42 Å². The number of pyridine rings is 1. The molecule has 0 atom stereocenters. The summed E-state index contributed by atoms with van der Waals surface area (Å²) in [5.41, 5.74) is -0.0503. The summed E-state index contributed by atoms with van der Waals surface area (Å²) in [5, 5.41) is 17.3. The molecule has 5 nitrogen and oxygen atoms in total.